The minimum atomic E-state index is -4.60. The number of carbonyl (C=O) groups is 1. The maximum atomic E-state index is 13.0. The Balaban J connectivity index is 3.96. The first-order chi connectivity index (χ1) is 36.5. The zero-order valence-electron chi connectivity index (χ0n) is 50.5. The molecule has 0 rings (SSSR count). The van der Waals surface area contributed by atoms with Crippen molar-refractivity contribution in [2.45, 2.75) is 328 Å². The van der Waals surface area contributed by atoms with Gasteiger partial charge in [0.25, 0.3) is 7.82 Å². The highest BCUT2D eigenvalue weighted by atomic mass is 31.2. The maximum absolute atomic E-state index is 13.0. The molecule has 0 bridgehead atoms. The summed E-state index contributed by atoms with van der Waals surface area (Å²) >= 11 is 0. The topological polar surface area (TPSA) is 108 Å². The van der Waals surface area contributed by atoms with E-state index in [-0.39, 0.29) is 19.1 Å². The van der Waals surface area contributed by atoms with Gasteiger partial charge in [0.1, 0.15) is 13.2 Å². The highest BCUT2D eigenvalue weighted by molar-refractivity contribution is 7.45. The molecule has 9 heteroatoms. The highest BCUT2D eigenvalue weighted by Gasteiger charge is 2.23. The second-order valence-corrected chi connectivity index (χ2v) is 24.9. The van der Waals surface area contributed by atoms with Gasteiger partial charge in [0, 0.05) is 6.42 Å². The molecule has 0 aliphatic rings. The van der Waals surface area contributed by atoms with E-state index < -0.39 is 20.0 Å². The van der Waals surface area contributed by atoms with Crippen molar-refractivity contribution < 1.29 is 32.9 Å². The monoisotopic (exact) mass is 1070 g/mol. The average Bonchev–Trinajstić information content (AvgIpc) is 3.37. The van der Waals surface area contributed by atoms with Gasteiger partial charge in [-0.2, -0.15) is 0 Å². The van der Waals surface area contributed by atoms with Crippen LogP contribution < -0.4 is 10.2 Å². The summed E-state index contributed by atoms with van der Waals surface area (Å²) in [5, 5.41) is 13.9. The van der Waals surface area contributed by atoms with E-state index in [0.717, 1.165) is 51.4 Å². The van der Waals surface area contributed by atoms with E-state index in [1.165, 1.54) is 244 Å². The molecule has 3 atom stereocenters. The summed E-state index contributed by atoms with van der Waals surface area (Å²) in [6.07, 6.45) is 76.5. The lowest BCUT2D eigenvalue weighted by atomic mass is 10.0. The predicted molar refractivity (Wildman–Crippen MR) is 325 cm³/mol. The molecule has 1 amide bonds. The second-order valence-electron chi connectivity index (χ2n) is 23.5. The van der Waals surface area contributed by atoms with Crippen molar-refractivity contribution in [3.63, 3.8) is 0 Å². The number of rotatable bonds is 60. The Labute approximate surface area is 467 Å². The van der Waals surface area contributed by atoms with Crippen molar-refractivity contribution in [2.24, 2.45) is 0 Å². The van der Waals surface area contributed by atoms with Gasteiger partial charge in [-0.25, -0.2) is 0 Å². The van der Waals surface area contributed by atoms with Crippen molar-refractivity contribution in [2.75, 3.05) is 40.9 Å². The number of amides is 1. The van der Waals surface area contributed by atoms with Crippen LogP contribution in [0, 0.1) is 0 Å². The van der Waals surface area contributed by atoms with Crippen LogP contribution in [0.3, 0.4) is 0 Å². The van der Waals surface area contributed by atoms with Crippen LogP contribution in [0.1, 0.15) is 316 Å². The van der Waals surface area contributed by atoms with Crippen molar-refractivity contribution in [1.82, 2.24) is 5.32 Å². The predicted octanol–water partition coefficient (Wildman–Crippen LogP) is 19.6. The fraction of sp³-hybridized carbons (Fsp3) is 0.864. The smallest absolute Gasteiger partial charge is 0.268 e. The Morgan fingerprint density at radius 3 is 1.12 bits per heavy atom. The van der Waals surface area contributed by atoms with Crippen LogP contribution in [0.4, 0.5) is 0 Å². The number of hydrogen-bond acceptors (Lipinski definition) is 6. The molecule has 8 nitrogen and oxygen atoms in total. The third-order valence-corrected chi connectivity index (χ3v) is 15.7. The molecule has 0 saturated carbocycles. The maximum Gasteiger partial charge on any atom is 0.268 e. The van der Waals surface area contributed by atoms with E-state index in [2.05, 4.69) is 55.6 Å². The van der Waals surface area contributed by atoms with Crippen LogP contribution in [-0.2, 0) is 18.4 Å². The lowest BCUT2D eigenvalue weighted by Gasteiger charge is -2.29. The molecule has 0 aromatic heterocycles. The van der Waals surface area contributed by atoms with E-state index in [4.69, 9.17) is 9.05 Å². The SMILES string of the molecule is CCCCCCC/C=C\C/C=C\C/C=C\CCCCCCCCCCCCCCCCCCCCCCCCC(=O)NC(COP(=O)([O-])OCC[N+](C)(C)C)C(O)/C=C/CCCCCCCCCCCCCCCC. The van der Waals surface area contributed by atoms with E-state index >= 15 is 0 Å². The standard InChI is InChI=1S/C66H127N2O6P/c1-6-8-10-12-14-16-18-20-22-24-25-26-27-28-29-30-31-32-33-34-35-36-37-38-39-40-41-42-43-44-46-48-50-52-54-56-58-60-66(70)67-64(63-74-75(71,72)73-62-61-68(3,4)5)65(69)59-57-55-53-51-49-47-45-23-21-19-17-15-13-11-9-7-2/h18,20,24-25,27-28,57,59,64-65,69H,6-17,19,21-23,26,29-56,58,60-63H2,1-5H3,(H-,67,70,71,72)/b20-18-,25-24-,28-27-,59-57+. The summed E-state index contributed by atoms with van der Waals surface area (Å²) in [6, 6.07) is -0.885. The number of nitrogens with zero attached hydrogens (tertiary/aromatic N) is 1. The number of likely N-dealkylation sites (N-methyl/N-ethyl adjacent to an activating group) is 1. The molecule has 75 heavy (non-hydrogen) atoms. The van der Waals surface area contributed by atoms with Gasteiger partial charge in [0.2, 0.25) is 5.91 Å². The van der Waals surface area contributed by atoms with Gasteiger partial charge in [-0.1, -0.05) is 300 Å². The molecule has 0 spiro atoms. The lowest BCUT2D eigenvalue weighted by Crippen LogP contribution is -2.45. The molecule has 0 radical (unpaired) electrons. The summed E-state index contributed by atoms with van der Waals surface area (Å²) in [6.45, 7) is 4.67. The van der Waals surface area contributed by atoms with Crippen LogP contribution in [0.15, 0.2) is 48.6 Å². The van der Waals surface area contributed by atoms with Crippen LogP contribution in [0.25, 0.3) is 0 Å². The van der Waals surface area contributed by atoms with Crippen LogP contribution in [-0.4, -0.2) is 68.5 Å². The zero-order valence-corrected chi connectivity index (χ0v) is 51.4. The van der Waals surface area contributed by atoms with Crippen LogP contribution in [0.5, 0.6) is 0 Å². The third-order valence-electron chi connectivity index (χ3n) is 14.8. The molecule has 0 saturated heterocycles. The highest BCUT2D eigenvalue weighted by Crippen LogP contribution is 2.38. The Morgan fingerprint density at radius 1 is 0.467 bits per heavy atom. The minimum absolute atomic E-state index is 0.000420. The quantitative estimate of drug-likeness (QED) is 0.0272. The molecular weight excluding hydrogens is 948 g/mol. The van der Waals surface area contributed by atoms with E-state index in [1.807, 2.05) is 27.2 Å². The summed E-state index contributed by atoms with van der Waals surface area (Å²) < 4.78 is 23.4. The number of aliphatic hydroxyl groups is 1. The second kappa shape index (κ2) is 57.2. The summed E-state index contributed by atoms with van der Waals surface area (Å²) in [5.41, 5.74) is 0. The number of phosphoric acid groups is 1. The van der Waals surface area contributed by atoms with Crippen molar-refractivity contribution in [3.05, 3.63) is 48.6 Å². The van der Waals surface area contributed by atoms with Gasteiger partial charge in [0.15, 0.2) is 0 Å². The minimum Gasteiger partial charge on any atom is -0.756 e. The van der Waals surface area contributed by atoms with Gasteiger partial charge in [0.05, 0.1) is 39.9 Å². The molecular formula is C66H127N2O6P. The fourth-order valence-corrected chi connectivity index (χ4v) is 10.4. The molecule has 0 heterocycles. The summed E-state index contributed by atoms with van der Waals surface area (Å²) in [4.78, 5) is 25.5. The van der Waals surface area contributed by atoms with Crippen LogP contribution in [0.2, 0.25) is 0 Å². The summed E-state index contributed by atoms with van der Waals surface area (Å²) in [5.74, 6) is -0.192. The van der Waals surface area contributed by atoms with Crippen molar-refractivity contribution in [3.8, 4) is 0 Å². The van der Waals surface area contributed by atoms with Crippen LogP contribution >= 0.6 is 7.82 Å². The van der Waals surface area contributed by atoms with Crippen molar-refractivity contribution >= 4 is 13.7 Å². The number of phosphoric ester groups is 1. The number of unbranched alkanes of at least 4 members (excludes halogenated alkanes) is 41. The molecule has 0 aliphatic heterocycles. The third kappa shape index (κ3) is 60.0. The molecule has 3 unspecified atom stereocenters. The number of quaternary nitrogens is 1. The van der Waals surface area contributed by atoms with Gasteiger partial charge >= 0.3 is 0 Å². The molecule has 0 aromatic carbocycles. The largest absolute Gasteiger partial charge is 0.756 e. The Morgan fingerprint density at radius 2 is 0.773 bits per heavy atom. The van der Waals surface area contributed by atoms with Gasteiger partial charge in [-0.3, -0.25) is 9.36 Å². The Kier molecular flexibility index (Phi) is 56.0. The van der Waals surface area contributed by atoms with E-state index in [0.29, 0.717) is 17.4 Å². The molecule has 0 aromatic rings. The first-order valence-corrected chi connectivity index (χ1v) is 34.0. The zero-order chi connectivity index (χ0) is 54.9. The normalized spacial score (nSPS) is 14.1. The van der Waals surface area contributed by atoms with E-state index in [9.17, 15) is 19.4 Å². The van der Waals surface area contributed by atoms with Gasteiger partial charge < -0.3 is 28.8 Å². The fourth-order valence-electron chi connectivity index (χ4n) is 9.69. The summed E-state index contributed by atoms with van der Waals surface area (Å²) in [7, 11) is 1.27. The first kappa shape index (κ1) is 73.5. The van der Waals surface area contributed by atoms with E-state index in [1.54, 1.807) is 6.08 Å². The first-order valence-electron chi connectivity index (χ1n) is 32.5. The molecule has 0 fully saturated rings. The number of allylic oxidation sites excluding steroid dienone is 7. The number of hydrogen-bond donors (Lipinski definition) is 2. The number of aliphatic hydroxyl groups excluding tert-OH is 1. The molecule has 0 aliphatic carbocycles. The number of nitrogens with one attached hydrogen (secondary N) is 1. The average molecular weight is 1080 g/mol. The number of carbonyl (C=O) groups excluding carboxylic acids is 1. The van der Waals surface area contributed by atoms with Gasteiger partial charge in [-0.15, -0.1) is 0 Å². The molecule has 442 valence electrons. The van der Waals surface area contributed by atoms with Crippen molar-refractivity contribution in [1.29, 1.82) is 0 Å². The Hall–Kier alpha value is -1.54. The van der Waals surface area contributed by atoms with Gasteiger partial charge in [-0.05, 0) is 57.8 Å². The Bertz CT molecular complexity index is 1360. The lowest BCUT2D eigenvalue weighted by molar-refractivity contribution is -0.870. The molecule has 2 N–H and O–H groups in total.